The number of carbonyl (C=O) groups is 1. The summed E-state index contributed by atoms with van der Waals surface area (Å²) >= 11 is 0. The number of hydrogen-bond donors (Lipinski definition) is 0. The van der Waals surface area contributed by atoms with Gasteiger partial charge in [-0.3, -0.25) is 4.79 Å². The van der Waals surface area contributed by atoms with Gasteiger partial charge in [-0.05, 0) is 75.4 Å². The summed E-state index contributed by atoms with van der Waals surface area (Å²) in [6, 6.07) is 12.6. The van der Waals surface area contributed by atoms with E-state index in [2.05, 4.69) is 13.0 Å². The highest BCUT2D eigenvalue weighted by atomic mass is 32.2. The molecular weight excluding hydrogens is 384 g/mol. The van der Waals surface area contributed by atoms with Crippen LogP contribution in [0.5, 0.6) is 0 Å². The maximum absolute atomic E-state index is 13.1. The van der Waals surface area contributed by atoms with Gasteiger partial charge in [-0.2, -0.15) is 4.31 Å². The summed E-state index contributed by atoms with van der Waals surface area (Å²) in [6.45, 7) is 5.27. The Morgan fingerprint density at radius 2 is 1.76 bits per heavy atom. The molecule has 0 spiro atoms. The molecule has 0 N–H and O–H groups in total. The second-order valence-electron chi connectivity index (χ2n) is 8.18. The fourth-order valence-corrected chi connectivity index (χ4v) is 6.13. The molecule has 1 amide bonds. The minimum absolute atomic E-state index is 0.0170. The Balaban J connectivity index is 1.58. The van der Waals surface area contributed by atoms with Gasteiger partial charge in [0.15, 0.2) is 0 Å². The minimum Gasteiger partial charge on any atom is -0.308 e. The van der Waals surface area contributed by atoms with Gasteiger partial charge in [0.25, 0.3) is 5.91 Å². The van der Waals surface area contributed by atoms with E-state index in [1.54, 1.807) is 28.6 Å². The molecule has 2 heterocycles. The average molecular weight is 413 g/mol. The van der Waals surface area contributed by atoms with Crippen LogP contribution in [0.15, 0.2) is 47.4 Å². The Hall–Kier alpha value is -2.18. The zero-order chi connectivity index (χ0) is 20.6. The van der Waals surface area contributed by atoms with Crippen molar-refractivity contribution in [1.82, 2.24) is 4.31 Å². The van der Waals surface area contributed by atoms with E-state index in [-0.39, 0.29) is 16.8 Å². The van der Waals surface area contributed by atoms with Crippen LogP contribution in [0, 0.1) is 6.92 Å². The first kappa shape index (κ1) is 20.1. The summed E-state index contributed by atoms with van der Waals surface area (Å²) in [6.07, 6.45) is 4.77. The van der Waals surface area contributed by atoms with E-state index in [0.717, 1.165) is 37.8 Å². The number of rotatable bonds is 3. The number of carbonyl (C=O) groups excluding carboxylic acids is 1. The fraction of sp³-hybridized carbons (Fsp3) is 0.435. The number of sulfonamides is 1. The summed E-state index contributed by atoms with van der Waals surface area (Å²) in [4.78, 5) is 15.2. The van der Waals surface area contributed by atoms with Gasteiger partial charge in [0.2, 0.25) is 10.0 Å². The molecule has 154 valence electrons. The molecule has 0 radical (unpaired) electrons. The summed E-state index contributed by atoms with van der Waals surface area (Å²) in [5.74, 6) is -0.0786. The fourth-order valence-electron chi connectivity index (χ4n) is 4.43. The van der Waals surface area contributed by atoms with Crippen molar-refractivity contribution in [2.75, 3.05) is 18.0 Å². The van der Waals surface area contributed by atoms with E-state index in [9.17, 15) is 13.2 Å². The van der Waals surface area contributed by atoms with Crippen LogP contribution < -0.4 is 4.90 Å². The van der Waals surface area contributed by atoms with Crippen LogP contribution in [0.2, 0.25) is 0 Å². The van der Waals surface area contributed by atoms with Gasteiger partial charge in [-0.1, -0.05) is 24.1 Å². The molecular formula is C23H28N2O3S. The Bertz CT molecular complexity index is 1010. The van der Waals surface area contributed by atoms with Crippen molar-refractivity contribution < 1.29 is 13.2 Å². The van der Waals surface area contributed by atoms with Crippen molar-refractivity contribution in [3.05, 3.63) is 59.2 Å². The molecule has 1 atom stereocenters. The predicted octanol–water partition coefficient (Wildman–Crippen LogP) is 4.15. The van der Waals surface area contributed by atoms with Crippen molar-refractivity contribution in [2.45, 2.75) is 56.9 Å². The molecule has 2 aliphatic rings. The number of aryl methyl sites for hydroxylation is 2. The Morgan fingerprint density at radius 3 is 2.48 bits per heavy atom. The summed E-state index contributed by atoms with van der Waals surface area (Å²) in [7, 11) is -3.52. The third kappa shape index (κ3) is 3.83. The first-order valence-corrected chi connectivity index (χ1v) is 11.9. The van der Waals surface area contributed by atoms with Crippen LogP contribution in [-0.4, -0.2) is 37.8 Å². The standard InChI is InChI=1S/C23H28N2O3S/c1-17-8-13-22-20(16-17)7-5-14-24(22)23(26)19-9-11-21(12-10-19)29(27,28)25-15-4-3-6-18(25)2/h8-13,16,18H,3-7,14-15H2,1-2H3. The van der Waals surface area contributed by atoms with Gasteiger partial charge in [-0.15, -0.1) is 0 Å². The number of nitrogens with zero attached hydrogens (tertiary/aromatic N) is 2. The van der Waals surface area contributed by atoms with E-state index < -0.39 is 10.0 Å². The van der Waals surface area contributed by atoms with Crippen molar-refractivity contribution >= 4 is 21.6 Å². The number of benzene rings is 2. The van der Waals surface area contributed by atoms with Crippen molar-refractivity contribution in [3.8, 4) is 0 Å². The molecule has 29 heavy (non-hydrogen) atoms. The molecule has 0 bridgehead atoms. The van der Waals surface area contributed by atoms with Gasteiger partial charge in [-0.25, -0.2) is 8.42 Å². The zero-order valence-electron chi connectivity index (χ0n) is 17.1. The van der Waals surface area contributed by atoms with Crippen LogP contribution in [0.25, 0.3) is 0 Å². The van der Waals surface area contributed by atoms with E-state index >= 15 is 0 Å². The lowest BCUT2D eigenvalue weighted by molar-refractivity contribution is 0.0985. The van der Waals surface area contributed by atoms with Crippen LogP contribution in [0.4, 0.5) is 5.69 Å². The molecule has 2 aromatic rings. The molecule has 5 nitrogen and oxygen atoms in total. The second kappa shape index (κ2) is 7.92. The van der Waals surface area contributed by atoms with E-state index in [1.807, 2.05) is 24.0 Å². The lowest BCUT2D eigenvalue weighted by Crippen LogP contribution is -2.41. The lowest BCUT2D eigenvalue weighted by atomic mass is 9.99. The van der Waals surface area contributed by atoms with Crippen LogP contribution in [-0.2, 0) is 16.4 Å². The average Bonchev–Trinajstić information content (AvgIpc) is 2.73. The lowest BCUT2D eigenvalue weighted by Gasteiger charge is -2.32. The number of hydrogen-bond acceptors (Lipinski definition) is 3. The molecule has 4 rings (SSSR count). The van der Waals surface area contributed by atoms with E-state index in [4.69, 9.17) is 0 Å². The molecule has 0 saturated carbocycles. The van der Waals surface area contributed by atoms with Crippen LogP contribution in [0.3, 0.4) is 0 Å². The SMILES string of the molecule is Cc1ccc2c(c1)CCCN2C(=O)c1ccc(S(=O)(=O)N2CCCCC2C)cc1. The van der Waals surface area contributed by atoms with Crippen molar-refractivity contribution in [2.24, 2.45) is 0 Å². The van der Waals surface area contributed by atoms with Gasteiger partial charge < -0.3 is 4.90 Å². The van der Waals surface area contributed by atoms with E-state index in [0.29, 0.717) is 18.7 Å². The summed E-state index contributed by atoms with van der Waals surface area (Å²) in [5, 5.41) is 0. The Labute approximate surface area is 173 Å². The summed E-state index contributed by atoms with van der Waals surface area (Å²) < 4.78 is 27.6. The Kier molecular flexibility index (Phi) is 5.49. The first-order valence-electron chi connectivity index (χ1n) is 10.4. The molecule has 1 saturated heterocycles. The van der Waals surface area contributed by atoms with Gasteiger partial charge in [0.05, 0.1) is 4.90 Å². The molecule has 0 aromatic heterocycles. The third-order valence-corrected chi connectivity index (χ3v) is 8.08. The zero-order valence-corrected chi connectivity index (χ0v) is 17.9. The molecule has 1 fully saturated rings. The Morgan fingerprint density at radius 1 is 1.00 bits per heavy atom. The normalized spacial score (nSPS) is 20.3. The van der Waals surface area contributed by atoms with Crippen molar-refractivity contribution in [1.29, 1.82) is 0 Å². The van der Waals surface area contributed by atoms with Gasteiger partial charge in [0.1, 0.15) is 0 Å². The minimum atomic E-state index is -3.52. The maximum atomic E-state index is 13.1. The quantitative estimate of drug-likeness (QED) is 0.761. The maximum Gasteiger partial charge on any atom is 0.258 e. The van der Waals surface area contributed by atoms with Crippen LogP contribution in [0.1, 0.15) is 54.1 Å². The number of amides is 1. The summed E-state index contributed by atoms with van der Waals surface area (Å²) in [5.41, 5.74) is 3.87. The van der Waals surface area contributed by atoms with Gasteiger partial charge >= 0.3 is 0 Å². The number of piperidine rings is 1. The van der Waals surface area contributed by atoms with Gasteiger partial charge in [0, 0.05) is 30.4 Å². The van der Waals surface area contributed by atoms with Crippen LogP contribution >= 0.6 is 0 Å². The monoisotopic (exact) mass is 412 g/mol. The third-order valence-electron chi connectivity index (χ3n) is 6.05. The molecule has 2 aromatic carbocycles. The predicted molar refractivity (Wildman–Crippen MR) is 115 cm³/mol. The smallest absolute Gasteiger partial charge is 0.258 e. The highest BCUT2D eigenvalue weighted by Crippen LogP contribution is 2.30. The topological polar surface area (TPSA) is 57.7 Å². The number of fused-ring (bicyclic) bond motifs is 1. The highest BCUT2D eigenvalue weighted by Gasteiger charge is 2.31. The van der Waals surface area contributed by atoms with Crippen molar-refractivity contribution in [3.63, 3.8) is 0 Å². The second-order valence-corrected chi connectivity index (χ2v) is 10.1. The molecule has 0 aliphatic carbocycles. The molecule has 6 heteroatoms. The highest BCUT2D eigenvalue weighted by molar-refractivity contribution is 7.89. The largest absolute Gasteiger partial charge is 0.308 e. The number of anilines is 1. The molecule has 1 unspecified atom stereocenters. The van der Waals surface area contributed by atoms with E-state index in [1.165, 1.54) is 11.1 Å². The first-order chi connectivity index (χ1) is 13.9. The molecule has 2 aliphatic heterocycles.